The molecule has 0 amide bonds. The Morgan fingerprint density at radius 1 is 1.05 bits per heavy atom. The van der Waals surface area contributed by atoms with Crippen LogP contribution in [0, 0.1) is 5.92 Å². The molecule has 1 unspecified atom stereocenters. The molecule has 1 saturated heterocycles. The molecule has 0 bridgehead atoms. The summed E-state index contributed by atoms with van der Waals surface area (Å²) in [5, 5.41) is 3.56. The van der Waals surface area contributed by atoms with Crippen molar-refractivity contribution >= 4 is 0 Å². The molecule has 20 heavy (non-hydrogen) atoms. The maximum atomic E-state index is 3.56. The molecule has 0 aromatic heterocycles. The largest absolute Gasteiger partial charge is 0.314 e. The van der Waals surface area contributed by atoms with E-state index >= 15 is 0 Å². The summed E-state index contributed by atoms with van der Waals surface area (Å²) >= 11 is 0. The molecule has 1 saturated carbocycles. The van der Waals surface area contributed by atoms with Crippen LogP contribution in [0.1, 0.15) is 50.1 Å². The highest BCUT2D eigenvalue weighted by molar-refractivity contribution is 5.20. The van der Waals surface area contributed by atoms with Gasteiger partial charge in [-0.15, -0.1) is 0 Å². The molecular formula is C18H28N2. The van der Waals surface area contributed by atoms with Gasteiger partial charge in [0.25, 0.3) is 0 Å². The Morgan fingerprint density at radius 2 is 1.85 bits per heavy atom. The number of piperazine rings is 1. The van der Waals surface area contributed by atoms with Crippen LogP contribution >= 0.6 is 0 Å². The second-order valence-corrected chi connectivity index (χ2v) is 6.46. The third kappa shape index (κ3) is 3.62. The van der Waals surface area contributed by atoms with Gasteiger partial charge in [-0.3, -0.25) is 4.90 Å². The first kappa shape index (κ1) is 14.1. The molecule has 2 heteroatoms. The smallest absolute Gasteiger partial charge is 0.0473 e. The molecule has 1 aromatic carbocycles. The molecule has 2 aliphatic rings. The number of nitrogens with one attached hydrogen (secondary N) is 1. The van der Waals surface area contributed by atoms with Crippen LogP contribution in [0.2, 0.25) is 0 Å². The van der Waals surface area contributed by atoms with E-state index in [1.54, 1.807) is 0 Å². The monoisotopic (exact) mass is 272 g/mol. The minimum Gasteiger partial charge on any atom is -0.314 e. The summed E-state index contributed by atoms with van der Waals surface area (Å²) in [6.45, 7) is 4.74. The Bertz CT molecular complexity index is 384. The zero-order valence-electron chi connectivity index (χ0n) is 12.6. The summed E-state index contributed by atoms with van der Waals surface area (Å²) in [4.78, 5) is 2.71. The molecule has 0 spiro atoms. The number of rotatable bonds is 4. The molecule has 1 aliphatic carbocycles. The van der Waals surface area contributed by atoms with Crippen molar-refractivity contribution in [3.05, 3.63) is 35.9 Å². The lowest BCUT2D eigenvalue weighted by atomic mass is 9.86. The second kappa shape index (κ2) is 7.24. The molecule has 1 aromatic rings. The van der Waals surface area contributed by atoms with Crippen molar-refractivity contribution in [1.29, 1.82) is 0 Å². The van der Waals surface area contributed by atoms with Gasteiger partial charge in [0.1, 0.15) is 0 Å². The molecule has 3 rings (SSSR count). The number of hydrogen-bond donors (Lipinski definition) is 1. The topological polar surface area (TPSA) is 15.3 Å². The highest BCUT2D eigenvalue weighted by atomic mass is 15.2. The van der Waals surface area contributed by atoms with Crippen molar-refractivity contribution < 1.29 is 0 Å². The predicted molar refractivity (Wildman–Crippen MR) is 84.8 cm³/mol. The van der Waals surface area contributed by atoms with E-state index in [0.29, 0.717) is 6.04 Å². The highest BCUT2D eigenvalue weighted by Crippen LogP contribution is 2.28. The van der Waals surface area contributed by atoms with Crippen molar-refractivity contribution in [3.63, 3.8) is 0 Å². The van der Waals surface area contributed by atoms with Crippen LogP contribution in [0.15, 0.2) is 30.3 Å². The third-order valence-corrected chi connectivity index (χ3v) is 5.09. The van der Waals surface area contributed by atoms with Gasteiger partial charge >= 0.3 is 0 Å². The van der Waals surface area contributed by atoms with Gasteiger partial charge in [0.05, 0.1) is 0 Å². The van der Waals surface area contributed by atoms with Crippen molar-refractivity contribution in [2.45, 2.75) is 44.6 Å². The first-order valence-electron chi connectivity index (χ1n) is 8.43. The number of hydrogen-bond acceptors (Lipinski definition) is 2. The van der Waals surface area contributed by atoms with Gasteiger partial charge in [-0.25, -0.2) is 0 Å². The average Bonchev–Trinajstić information content (AvgIpc) is 2.55. The zero-order valence-corrected chi connectivity index (χ0v) is 12.6. The van der Waals surface area contributed by atoms with Gasteiger partial charge in [0, 0.05) is 25.7 Å². The summed E-state index contributed by atoms with van der Waals surface area (Å²) in [7, 11) is 0. The van der Waals surface area contributed by atoms with E-state index in [1.807, 2.05) is 0 Å². The van der Waals surface area contributed by atoms with E-state index in [-0.39, 0.29) is 0 Å². The van der Waals surface area contributed by atoms with Gasteiger partial charge in [0.2, 0.25) is 0 Å². The molecule has 2 fully saturated rings. The summed E-state index contributed by atoms with van der Waals surface area (Å²) in [6, 6.07) is 11.6. The lowest BCUT2D eigenvalue weighted by molar-refractivity contribution is 0.145. The first-order chi connectivity index (χ1) is 9.93. The number of benzene rings is 1. The maximum Gasteiger partial charge on any atom is 0.0473 e. The van der Waals surface area contributed by atoms with Gasteiger partial charge < -0.3 is 5.32 Å². The van der Waals surface area contributed by atoms with Crippen LogP contribution in [0.5, 0.6) is 0 Å². The van der Waals surface area contributed by atoms with Crippen LogP contribution in [0.3, 0.4) is 0 Å². The maximum absolute atomic E-state index is 3.56. The van der Waals surface area contributed by atoms with Crippen molar-refractivity contribution in [2.24, 2.45) is 5.92 Å². The molecule has 1 aliphatic heterocycles. The van der Waals surface area contributed by atoms with Gasteiger partial charge in [-0.05, 0) is 24.4 Å². The Labute approximate surface area is 123 Å². The Balaban J connectivity index is 1.57. The zero-order chi connectivity index (χ0) is 13.6. The third-order valence-electron chi connectivity index (χ3n) is 5.09. The van der Waals surface area contributed by atoms with Crippen LogP contribution in [0.25, 0.3) is 0 Å². The molecule has 1 atom stereocenters. The van der Waals surface area contributed by atoms with Gasteiger partial charge in [-0.2, -0.15) is 0 Å². The minimum atomic E-state index is 0.577. The van der Waals surface area contributed by atoms with Crippen LogP contribution < -0.4 is 5.32 Å². The van der Waals surface area contributed by atoms with E-state index < -0.39 is 0 Å². The van der Waals surface area contributed by atoms with Gasteiger partial charge in [0.15, 0.2) is 0 Å². The van der Waals surface area contributed by atoms with Crippen LogP contribution in [0.4, 0.5) is 0 Å². The standard InChI is InChI=1S/C18H28N2/c1-3-7-16(8-4-1)11-13-20-14-12-19-15-18(20)17-9-5-2-6-10-17/h2,5-6,9-10,16,18-19H,1,3-4,7-8,11-15H2. The Morgan fingerprint density at radius 3 is 2.65 bits per heavy atom. The van der Waals surface area contributed by atoms with E-state index in [4.69, 9.17) is 0 Å². The molecular weight excluding hydrogens is 244 g/mol. The van der Waals surface area contributed by atoms with Crippen molar-refractivity contribution in [3.8, 4) is 0 Å². The van der Waals surface area contributed by atoms with E-state index in [2.05, 4.69) is 40.5 Å². The fourth-order valence-electron chi connectivity index (χ4n) is 3.84. The lowest BCUT2D eigenvalue weighted by Crippen LogP contribution is -2.46. The van der Waals surface area contributed by atoms with E-state index in [0.717, 1.165) is 19.0 Å². The quantitative estimate of drug-likeness (QED) is 0.901. The van der Waals surface area contributed by atoms with Crippen LogP contribution in [-0.4, -0.2) is 31.1 Å². The van der Waals surface area contributed by atoms with Crippen LogP contribution in [-0.2, 0) is 0 Å². The van der Waals surface area contributed by atoms with E-state index in [9.17, 15) is 0 Å². The first-order valence-corrected chi connectivity index (χ1v) is 8.43. The molecule has 0 radical (unpaired) electrons. The molecule has 2 nitrogen and oxygen atoms in total. The summed E-state index contributed by atoms with van der Waals surface area (Å²) in [6.07, 6.45) is 8.76. The predicted octanol–water partition coefficient (Wildman–Crippen LogP) is 3.60. The fourth-order valence-corrected chi connectivity index (χ4v) is 3.84. The number of nitrogens with zero attached hydrogens (tertiary/aromatic N) is 1. The average molecular weight is 272 g/mol. The summed E-state index contributed by atoms with van der Waals surface area (Å²) in [5.41, 5.74) is 1.48. The Hall–Kier alpha value is -0.860. The van der Waals surface area contributed by atoms with E-state index in [1.165, 1.54) is 57.2 Å². The second-order valence-electron chi connectivity index (χ2n) is 6.46. The van der Waals surface area contributed by atoms with Crippen molar-refractivity contribution in [1.82, 2.24) is 10.2 Å². The Kier molecular flexibility index (Phi) is 5.10. The summed E-state index contributed by atoms with van der Waals surface area (Å²) < 4.78 is 0. The SMILES string of the molecule is c1ccc(C2CNCCN2CCC2CCCCC2)cc1. The van der Waals surface area contributed by atoms with Crippen molar-refractivity contribution in [2.75, 3.05) is 26.2 Å². The minimum absolute atomic E-state index is 0.577. The molecule has 1 N–H and O–H groups in total. The fraction of sp³-hybridized carbons (Fsp3) is 0.667. The highest BCUT2D eigenvalue weighted by Gasteiger charge is 2.24. The normalized spacial score (nSPS) is 25.7. The lowest BCUT2D eigenvalue weighted by Gasteiger charge is -2.37. The van der Waals surface area contributed by atoms with Gasteiger partial charge in [-0.1, -0.05) is 62.4 Å². The molecule has 110 valence electrons. The molecule has 1 heterocycles. The summed E-state index contributed by atoms with van der Waals surface area (Å²) in [5.74, 6) is 0.995.